The number of para-hydroxylation sites is 1. The molecule has 2 amide bonds. The molecule has 0 spiro atoms. The van der Waals surface area contributed by atoms with Crippen molar-refractivity contribution in [2.75, 3.05) is 11.9 Å². The first-order valence-corrected chi connectivity index (χ1v) is 8.91. The van der Waals surface area contributed by atoms with E-state index in [1.807, 2.05) is 32.0 Å². The molecule has 1 heterocycles. The summed E-state index contributed by atoms with van der Waals surface area (Å²) in [6.07, 6.45) is 0.0175. The van der Waals surface area contributed by atoms with Gasteiger partial charge < -0.3 is 10.6 Å². The molecule has 2 aromatic carbocycles. The summed E-state index contributed by atoms with van der Waals surface area (Å²) in [7, 11) is 0. The van der Waals surface area contributed by atoms with E-state index in [0.29, 0.717) is 10.9 Å². The van der Waals surface area contributed by atoms with Crippen LogP contribution in [-0.2, 0) is 16.1 Å². The molecule has 0 atom stereocenters. The van der Waals surface area contributed by atoms with Crippen molar-refractivity contribution in [3.8, 4) is 0 Å². The van der Waals surface area contributed by atoms with Gasteiger partial charge in [0.1, 0.15) is 5.52 Å². The highest BCUT2D eigenvalue weighted by Gasteiger charge is 2.11. The van der Waals surface area contributed by atoms with Crippen molar-refractivity contribution in [3.63, 3.8) is 0 Å². The molecule has 8 nitrogen and oxygen atoms in total. The van der Waals surface area contributed by atoms with Crippen molar-refractivity contribution >= 4 is 28.4 Å². The summed E-state index contributed by atoms with van der Waals surface area (Å²) in [5.74, 6) is -0.660. The maximum Gasteiger partial charge on any atom is 0.277 e. The lowest BCUT2D eigenvalue weighted by molar-refractivity contribution is -0.124. The molecule has 2 N–H and O–H groups in total. The fourth-order valence-electron chi connectivity index (χ4n) is 2.84. The van der Waals surface area contributed by atoms with Gasteiger partial charge in [0, 0.05) is 12.1 Å². The number of aromatic nitrogens is 3. The summed E-state index contributed by atoms with van der Waals surface area (Å²) >= 11 is 0. The van der Waals surface area contributed by atoms with Crippen LogP contribution in [-0.4, -0.2) is 33.4 Å². The Kier molecular flexibility index (Phi) is 5.78. The van der Waals surface area contributed by atoms with Crippen molar-refractivity contribution < 1.29 is 9.59 Å². The van der Waals surface area contributed by atoms with Gasteiger partial charge in [0.05, 0.1) is 18.5 Å². The SMILES string of the molecule is Cc1cccc(C)c1NC(=O)CNC(=O)CCn1nnc2ccccc2c1=O. The molecule has 0 bridgehead atoms. The zero-order valence-electron chi connectivity index (χ0n) is 15.7. The van der Waals surface area contributed by atoms with E-state index in [4.69, 9.17) is 0 Å². The first kappa shape index (κ1) is 19.2. The Balaban J connectivity index is 1.53. The van der Waals surface area contributed by atoms with Gasteiger partial charge in [-0.15, -0.1) is 5.10 Å². The third-order valence-corrected chi connectivity index (χ3v) is 4.37. The molecular formula is C20H21N5O3. The highest BCUT2D eigenvalue weighted by molar-refractivity contribution is 5.95. The summed E-state index contributed by atoms with van der Waals surface area (Å²) in [5, 5.41) is 13.6. The van der Waals surface area contributed by atoms with Gasteiger partial charge in [0.2, 0.25) is 11.8 Å². The van der Waals surface area contributed by atoms with Crippen molar-refractivity contribution in [3.05, 3.63) is 63.9 Å². The number of carbonyl (C=O) groups is 2. The number of nitrogens with zero attached hydrogens (tertiary/aromatic N) is 3. The zero-order chi connectivity index (χ0) is 20.1. The van der Waals surface area contributed by atoms with Crippen molar-refractivity contribution in [2.45, 2.75) is 26.8 Å². The van der Waals surface area contributed by atoms with Gasteiger partial charge in [0.15, 0.2) is 0 Å². The van der Waals surface area contributed by atoms with Gasteiger partial charge in [-0.2, -0.15) is 0 Å². The fraction of sp³-hybridized carbons (Fsp3) is 0.250. The molecule has 0 unspecified atom stereocenters. The second kappa shape index (κ2) is 8.43. The number of aryl methyl sites for hydroxylation is 3. The van der Waals surface area contributed by atoms with E-state index in [-0.39, 0.29) is 36.9 Å². The van der Waals surface area contributed by atoms with Gasteiger partial charge in [-0.1, -0.05) is 35.5 Å². The maximum absolute atomic E-state index is 12.3. The smallest absolute Gasteiger partial charge is 0.277 e. The fourth-order valence-corrected chi connectivity index (χ4v) is 2.84. The first-order valence-electron chi connectivity index (χ1n) is 8.91. The van der Waals surface area contributed by atoms with E-state index in [9.17, 15) is 14.4 Å². The normalized spacial score (nSPS) is 10.6. The Labute approximate surface area is 161 Å². The molecule has 3 aromatic rings. The number of carbonyl (C=O) groups excluding carboxylic acids is 2. The number of anilines is 1. The lowest BCUT2D eigenvalue weighted by Gasteiger charge is -2.12. The van der Waals surface area contributed by atoms with Gasteiger partial charge in [0.25, 0.3) is 5.56 Å². The molecule has 1 aromatic heterocycles. The number of nitrogens with one attached hydrogen (secondary N) is 2. The summed E-state index contributed by atoms with van der Waals surface area (Å²) in [5.41, 5.74) is 2.87. The number of fused-ring (bicyclic) bond motifs is 1. The third-order valence-electron chi connectivity index (χ3n) is 4.37. The van der Waals surface area contributed by atoms with Crippen LogP contribution in [0.3, 0.4) is 0 Å². The molecule has 0 radical (unpaired) electrons. The molecule has 0 saturated carbocycles. The van der Waals surface area contributed by atoms with Crippen LogP contribution in [0.1, 0.15) is 17.5 Å². The summed E-state index contributed by atoms with van der Waals surface area (Å²) < 4.78 is 1.15. The minimum absolute atomic E-state index is 0.0175. The average Bonchev–Trinajstić information content (AvgIpc) is 2.69. The largest absolute Gasteiger partial charge is 0.347 e. The topological polar surface area (TPSA) is 106 Å². The van der Waals surface area contributed by atoms with Gasteiger partial charge >= 0.3 is 0 Å². The molecule has 3 rings (SSSR count). The van der Waals surface area contributed by atoms with Crippen LogP contribution >= 0.6 is 0 Å². The number of hydrogen-bond donors (Lipinski definition) is 2. The Morgan fingerprint density at radius 2 is 1.71 bits per heavy atom. The number of hydrogen-bond acceptors (Lipinski definition) is 5. The molecule has 0 aliphatic heterocycles. The molecule has 28 heavy (non-hydrogen) atoms. The van der Waals surface area contributed by atoms with Crippen LogP contribution in [0, 0.1) is 13.8 Å². The van der Waals surface area contributed by atoms with E-state index in [1.165, 1.54) is 0 Å². The monoisotopic (exact) mass is 379 g/mol. The van der Waals surface area contributed by atoms with E-state index >= 15 is 0 Å². The Morgan fingerprint density at radius 3 is 2.46 bits per heavy atom. The van der Waals surface area contributed by atoms with Crippen LogP contribution in [0.4, 0.5) is 5.69 Å². The first-order chi connectivity index (χ1) is 13.5. The maximum atomic E-state index is 12.3. The lowest BCUT2D eigenvalue weighted by atomic mass is 10.1. The number of amides is 2. The molecule has 0 saturated heterocycles. The Morgan fingerprint density at radius 1 is 1.00 bits per heavy atom. The molecule has 0 fully saturated rings. The van der Waals surface area contributed by atoms with Crippen molar-refractivity contribution in [1.29, 1.82) is 0 Å². The second-order valence-electron chi connectivity index (χ2n) is 6.48. The van der Waals surface area contributed by atoms with E-state index < -0.39 is 0 Å². The standard InChI is InChI=1S/C20H21N5O3/c1-13-6-5-7-14(2)19(13)22-18(27)12-21-17(26)10-11-25-20(28)15-8-3-4-9-16(15)23-24-25/h3-9H,10-12H2,1-2H3,(H,21,26)(H,22,27). The van der Waals surface area contributed by atoms with E-state index in [1.54, 1.807) is 24.3 Å². The second-order valence-corrected chi connectivity index (χ2v) is 6.48. The molecule has 8 heteroatoms. The average molecular weight is 379 g/mol. The summed E-state index contributed by atoms with van der Waals surface area (Å²) in [6, 6.07) is 12.6. The molecule has 0 aliphatic rings. The highest BCUT2D eigenvalue weighted by Crippen LogP contribution is 2.18. The minimum atomic E-state index is -0.349. The molecule has 144 valence electrons. The van der Waals surface area contributed by atoms with Crippen LogP contribution in [0.2, 0.25) is 0 Å². The summed E-state index contributed by atoms with van der Waals surface area (Å²) in [6.45, 7) is 3.75. The van der Waals surface area contributed by atoms with Crippen molar-refractivity contribution in [1.82, 2.24) is 20.3 Å². The predicted octanol–water partition coefficient (Wildman–Crippen LogP) is 1.55. The van der Waals surface area contributed by atoms with E-state index in [2.05, 4.69) is 20.9 Å². The molecule has 0 aliphatic carbocycles. The van der Waals surface area contributed by atoms with Crippen molar-refractivity contribution in [2.24, 2.45) is 0 Å². The lowest BCUT2D eigenvalue weighted by Crippen LogP contribution is -2.34. The van der Waals surface area contributed by atoms with Crippen LogP contribution < -0.4 is 16.2 Å². The number of benzene rings is 2. The highest BCUT2D eigenvalue weighted by atomic mass is 16.2. The number of rotatable bonds is 6. The zero-order valence-corrected chi connectivity index (χ0v) is 15.7. The van der Waals surface area contributed by atoms with Crippen LogP contribution in [0.25, 0.3) is 10.9 Å². The van der Waals surface area contributed by atoms with Gasteiger partial charge in [-0.25, -0.2) is 4.68 Å². The Bertz CT molecular complexity index is 1070. The van der Waals surface area contributed by atoms with Crippen LogP contribution in [0.15, 0.2) is 47.3 Å². The van der Waals surface area contributed by atoms with Gasteiger partial charge in [-0.3, -0.25) is 14.4 Å². The molecular weight excluding hydrogens is 358 g/mol. The minimum Gasteiger partial charge on any atom is -0.347 e. The summed E-state index contributed by atoms with van der Waals surface area (Å²) in [4.78, 5) is 36.5. The Hall–Kier alpha value is -3.55. The van der Waals surface area contributed by atoms with Gasteiger partial charge in [-0.05, 0) is 37.1 Å². The van der Waals surface area contributed by atoms with E-state index in [0.717, 1.165) is 21.5 Å². The third kappa shape index (κ3) is 4.40. The predicted molar refractivity (Wildman–Crippen MR) is 106 cm³/mol. The quantitative estimate of drug-likeness (QED) is 0.676. The van der Waals surface area contributed by atoms with Crippen LogP contribution in [0.5, 0.6) is 0 Å².